The summed E-state index contributed by atoms with van der Waals surface area (Å²) < 4.78 is 1.60. The van der Waals surface area contributed by atoms with Crippen LogP contribution in [0.25, 0.3) is 5.69 Å². The number of benzene rings is 1. The molecule has 1 aliphatic carbocycles. The van der Waals surface area contributed by atoms with Crippen LogP contribution in [0.1, 0.15) is 48.2 Å². The van der Waals surface area contributed by atoms with Crippen LogP contribution in [-0.2, 0) is 4.79 Å². The summed E-state index contributed by atoms with van der Waals surface area (Å²) in [5.41, 5.74) is 1.88. The largest absolute Gasteiger partial charge is 0.339 e. The molecule has 2 fully saturated rings. The van der Waals surface area contributed by atoms with Gasteiger partial charge in [-0.1, -0.05) is 49.1 Å². The van der Waals surface area contributed by atoms with Crippen LogP contribution < -0.4 is 0 Å². The third-order valence-electron chi connectivity index (χ3n) is 6.05. The third-order valence-corrected chi connectivity index (χ3v) is 6.40. The maximum atomic E-state index is 13.1. The quantitative estimate of drug-likeness (QED) is 0.769. The highest BCUT2D eigenvalue weighted by atomic mass is 35.5. The van der Waals surface area contributed by atoms with Gasteiger partial charge in [0.15, 0.2) is 0 Å². The van der Waals surface area contributed by atoms with Gasteiger partial charge in [0, 0.05) is 32.1 Å². The first-order valence-corrected chi connectivity index (χ1v) is 10.8. The number of carbonyl (C=O) groups excluding carboxylic acids is 2. The van der Waals surface area contributed by atoms with Crippen molar-refractivity contribution in [2.45, 2.75) is 39.0 Å². The number of carbonyl (C=O) groups is 2. The zero-order chi connectivity index (χ0) is 20.4. The van der Waals surface area contributed by atoms with E-state index < -0.39 is 0 Å². The molecular weight excluding hydrogens is 388 g/mol. The van der Waals surface area contributed by atoms with Gasteiger partial charge in [0.2, 0.25) is 5.91 Å². The number of hydrogen-bond acceptors (Lipinski definition) is 3. The Kier molecular flexibility index (Phi) is 5.90. The van der Waals surface area contributed by atoms with Gasteiger partial charge in [0.1, 0.15) is 5.15 Å². The van der Waals surface area contributed by atoms with Gasteiger partial charge in [0.25, 0.3) is 5.91 Å². The lowest BCUT2D eigenvalue weighted by Crippen LogP contribution is -2.52. The Balaban J connectivity index is 1.44. The van der Waals surface area contributed by atoms with Crippen LogP contribution in [0.5, 0.6) is 0 Å². The fourth-order valence-electron chi connectivity index (χ4n) is 4.38. The molecule has 1 saturated carbocycles. The minimum atomic E-state index is -0.112. The normalized spacial score (nSPS) is 18.1. The molecule has 0 radical (unpaired) electrons. The van der Waals surface area contributed by atoms with Crippen molar-refractivity contribution in [1.82, 2.24) is 19.6 Å². The first kappa shape index (κ1) is 20.0. The molecule has 1 aliphatic heterocycles. The molecule has 1 aromatic carbocycles. The number of nitrogens with zero attached hydrogens (tertiary/aromatic N) is 4. The van der Waals surface area contributed by atoms with Crippen LogP contribution >= 0.6 is 11.6 Å². The molecule has 154 valence electrons. The number of halogens is 1. The third kappa shape index (κ3) is 4.04. The molecule has 0 atom stereocenters. The summed E-state index contributed by atoms with van der Waals surface area (Å²) in [6, 6.07) is 9.55. The molecule has 2 heterocycles. The first-order chi connectivity index (χ1) is 14.1. The zero-order valence-corrected chi connectivity index (χ0v) is 17.6. The molecule has 2 aromatic rings. The van der Waals surface area contributed by atoms with Crippen LogP contribution in [0.3, 0.4) is 0 Å². The lowest BCUT2D eigenvalue weighted by molar-refractivity contribution is -0.138. The number of amides is 2. The lowest BCUT2D eigenvalue weighted by Gasteiger charge is -2.37. The highest BCUT2D eigenvalue weighted by Crippen LogP contribution is 2.27. The molecule has 29 heavy (non-hydrogen) atoms. The van der Waals surface area contributed by atoms with Gasteiger partial charge in [-0.05, 0) is 31.9 Å². The molecule has 1 saturated heterocycles. The molecule has 0 N–H and O–H groups in total. The molecule has 0 spiro atoms. The summed E-state index contributed by atoms with van der Waals surface area (Å²) in [6.07, 6.45) is 5.55. The SMILES string of the molecule is Cc1nn(-c2ccccc2)c(Cl)c1C(=O)N1CCN(C(=O)C2CCCCC2)CC1. The Hall–Kier alpha value is -2.34. The lowest BCUT2D eigenvalue weighted by atomic mass is 9.88. The van der Waals surface area contributed by atoms with Crippen molar-refractivity contribution >= 4 is 23.4 Å². The second kappa shape index (κ2) is 8.57. The van der Waals surface area contributed by atoms with Gasteiger partial charge in [-0.25, -0.2) is 4.68 Å². The number of hydrogen-bond donors (Lipinski definition) is 0. The number of piperazine rings is 1. The minimum Gasteiger partial charge on any atom is -0.339 e. The Morgan fingerprint density at radius 2 is 1.59 bits per heavy atom. The number of rotatable bonds is 3. The van der Waals surface area contributed by atoms with E-state index in [0.29, 0.717) is 42.6 Å². The predicted octanol–water partition coefficient (Wildman–Crippen LogP) is 3.70. The van der Waals surface area contributed by atoms with Gasteiger partial charge < -0.3 is 9.80 Å². The Bertz CT molecular complexity index is 882. The van der Waals surface area contributed by atoms with Crippen molar-refractivity contribution in [3.05, 3.63) is 46.7 Å². The van der Waals surface area contributed by atoms with E-state index in [1.807, 2.05) is 35.2 Å². The van der Waals surface area contributed by atoms with Crippen molar-refractivity contribution in [3.8, 4) is 5.69 Å². The highest BCUT2D eigenvalue weighted by Gasteiger charge is 2.32. The average molecular weight is 415 g/mol. The van der Waals surface area contributed by atoms with E-state index in [-0.39, 0.29) is 17.7 Å². The fraction of sp³-hybridized carbons (Fsp3) is 0.500. The maximum Gasteiger partial charge on any atom is 0.259 e. The number of para-hydroxylation sites is 1. The van der Waals surface area contributed by atoms with E-state index in [4.69, 9.17) is 11.6 Å². The van der Waals surface area contributed by atoms with Gasteiger partial charge in [-0.2, -0.15) is 5.10 Å². The monoisotopic (exact) mass is 414 g/mol. The van der Waals surface area contributed by atoms with E-state index in [1.165, 1.54) is 6.42 Å². The standard InChI is InChI=1S/C22H27ClN4O2/c1-16-19(20(23)27(24-16)18-10-6-3-7-11-18)22(29)26-14-12-25(13-15-26)21(28)17-8-4-2-5-9-17/h3,6-7,10-11,17H,2,4-5,8-9,12-15H2,1H3. The molecule has 7 heteroatoms. The molecular formula is C22H27ClN4O2. The molecule has 2 aliphatic rings. The summed E-state index contributed by atoms with van der Waals surface area (Å²) >= 11 is 6.55. The summed E-state index contributed by atoms with van der Waals surface area (Å²) in [4.78, 5) is 29.6. The van der Waals surface area contributed by atoms with Crippen LogP contribution in [0.2, 0.25) is 5.15 Å². The van der Waals surface area contributed by atoms with E-state index in [0.717, 1.165) is 31.4 Å². The van der Waals surface area contributed by atoms with Crippen LogP contribution in [0, 0.1) is 12.8 Å². The van der Waals surface area contributed by atoms with E-state index >= 15 is 0 Å². The van der Waals surface area contributed by atoms with Crippen molar-refractivity contribution in [2.75, 3.05) is 26.2 Å². The predicted molar refractivity (Wildman–Crippen MR) is 112 cm³/mol. The first-order valence-electron chi connectivity index (χ1n) is 10.4. The zero-order valence-electron chi connectivity index (χ0n) is 16.8. The highest BCUT2D eigenvalue weighted by molar-refractivity contribution is 6.33. The van der Waals surface area contributed by atoms with Crippen molar-refractivity contribution in [2.24, 2.45) is 5.92 Å². The fourth-order valence-corrected chi connectivity index (χ4v) is 4.73. The molecule has 0 unspecified atom stereocenters. The van der Waals surface area contributed by atoms with E-state index in [9.17, 15) is 9.59 Å². The van der Waals surface area contributed by atoms with Crippen LogP contribution in [0.15, 0.2) is 30.3 Å². The Morgan fingerprint density at radius 1 is 0.966 bits per heavy atom. The van der Waals surface area contributed by atoms with Gasteiger partial charge in [-0.3, -0.25) is 9.59 Å². The summed E-state index contributed by atoms with van der Waals surface area (Å²) in [6.45, 7) is 4.05. The van der Waals surface area contributed by atoms with Crippen molar-refractivity contribution in [1.29, 1.82) is 0 Å². The van der Waals surface area contributed by atoms with Crippen molar-refractivity contribution in [3.63, 3.8) is 0 Å². The summed E-state index contributed by atoms with van der Waals surface area (Å²) in [5.74, 6) is 0.328. The number of aromatic nitrogens is 2. The topological polar surface area (TPSA) is 58.4 Å². The van der Waals surface area contributed by atoms with E-state index in [2.05, 4.69) is 5.10 Å². The second-order valence-electron chi connectivity index (χ2n) is 7.95. The maximum absolute atomic E-state index is 13.1. The van der Waals surface area contributed by atoms with Gasteiger partial charge >= 0.3 is 0 Å². The van der Waals surface area contributed by atoms with Crippen LogP contribution in [-0.4, -0.2) is 57.6 Å². The van der Waals surface area contributed by atoms with Gasteiger partial charge in [-0.15, -0.1) is 0 Å². The van der Waals surface area contributed by atoms with Crippen molar-refractivity contribution < 1.29 is 9.59 Å². The minimum absolute atomic E-state index is 0.112. The number of aryl methyl sites for hydroxylation is 1. The average Bonchev–Trinajstić information content (AvgIpc) is 3.08. The Labute approximate surface area is 176 Å². The molecule has 2 amide bonds. The van der Waals surface area contributed by atoms with Gasteiger partial charge in [0.05, 0.1) is 16.9 Å². The summed E-state index contributed by atoms with van der Waals surface area (Å²) in [7, 11) is 0. The molecule has 4 rings (SSSR count). The Morgan fingerprint density at radius 3 is 2.24 bits per heavy atom. The smallest absolute Gasteiger partial charge is 0.259 e. The summed E-state index contributed by atoms with van der Waals surface area (Å²) in [5, 5.41) is 4.81. The second-order valence-corrected chi connectivity index (χ2v) is 8.31. The molecule has 6 nitrogen and oxygen atoms in total. The van der Waals surface area contributed by atoms with Crippen LogP contribution in [0.4, 0.5) is 0 Å². The molecule has 1 aromatic heterocycles. The molecule has 0 bridgehead atoms. The van der Waals surface area contributed by atoms with E-state index in [1.54, 1.807) is 16.5 Å².